The minimum absolute atomic E-state index is 0.0922. The highest BCUT2D eigenvalue weighted by Gasteiger charge is 2.31. The van der Waals surface area contributed by atoms with Crippen LogP contribution in [0.1, 0.15) is 59.0 Å². The van der Waals surface area contributed by atoms with E-state index in [1.807, 2.05) is 26.0 Å². The summed E-state index contributed by atoms with van der Waals surface area (Å²) < 4.78 is 4.69. The molecule has 6 nitrogen and oxygen atoms in total. The van der Waals surface area contributed by atoms with E-state index < -0.39 is 5.97 Å². The van der Waals surface area contributed by atoms with Crippen molar-refractivity contribution < 1.29 is 24.5 Å². The molecule has 1 saturated heterocycles. The maximum Gasteiger partial charge on any atom is 0.337 e. The zero-order chi connectivity index (χ0) is 20.0. The molecule has 1 heterocycles. The zero-order valence-electron chi connectivity index (χ0n) is 15.8. The van der Waals surface area contributed by atoms with E-state index in [4.69, 9.17) is 0 Å². The van der Waals surface area contributed by atoms with Crippen molar-refractivity contribution in [1.82, 2.24) is 4.90 Å². The van der Waals surface area contributed by atoms with Crippen LogP contribution >= 0.6 is 0 Å². The average molecular weight is 371 g/mol. The second-order valence-corrected chi connectivity index (χ2v) is 5.97. The third-order valence-corrected chi connectivity index (χ3v) is 4.44. The maximum absolute atomic E-state index is 12.8. The third-order valence-electron chi connectivity index (χ3n) is 4.44. The Labute approximate surface area is 159 Å². The first-order valence-electron chi connectivity index (χ1n) is 9.02. The largest absolute Gasteiger partial charge is 0.508 e. The van der Waals surface area contributed by atoms with Crippen LogP contribution in [0.3, 0.4) is 0 Å². The van der Waals surface area contributed by atoms with Crippen molar-refractivity contribution in [2.24, 2.45) is 0 Å². The van der Waals surface area contributed by atoms with Crippen LogP contribution < -0.4 is 0 Å². The Balaban J connectivity index is 0.00000126. The van der Waals surface area contributed by atoms with E-state index in [1.54, 1.807) is 17.0 Å². The summed E-state index contributed by atoms with van der Waals surface area (Å²) in [5.41, 5.74) is 1.55. The number of benzene rings is 2. The summed E-state index contributed by atoms with van der Waals surface area (Å²) in [5, 5.41) is 19.3. The van der Waals surface area contributed by atoms with Gasteiger partial charge >= 0.3 is 5.97 Å². The van der Waals surface area contributed by atoms with Gasteiger partial charge in [0.05, 0.1) is 24.3 Å². The first kappa shape index (κ1) is 20.3. The van der Waals surface area contributed by atoms with Crippen LogP contribution in [0.15, 0.2) is 42.5 Å². The minimum Gasteiger partial charge on any atom is -0.508 e. The second-order valence-electron chi connectivity index (χ2n) is 5.97. The Morgan fingerprint density at radius 2 is 1.74 bits per heavy atom. The number of phenolic OH excluding ortho intramolecular Hbond substituents is 2. The number of carbonyl (C=O) groups excluding carboxylic acids is 2. The van der Waals surface area contributed by atoms with Gasteiger partial charge in [0, 0.05) is 12.6 Å². The standard InChI is InChI=1S/C19H19NO5.C2H6/c1-25-19(24)13-6-4-12(5-7-13)16-3-2-10-20(16)18(23)15-9-8-14(21)11-17(15)22;1-2/h4-9,11,16,21-22H,2-3,10H2,1H3;1-2H3. The SMILES string of the molecule is CC.COC(=O)c1ccc(C2CCCN2C(=O)c2ccc(O)cc2O)cc1. The van der Waals surface area contributed by atoms with Crippen LogP contribution in [-0.4, -0.2) is 40.6 Å². The van der Waals surface area contributed by atoms with E-state index in [1.165, 1.54) is 19.2 Å². The van der Waals surface area contributed by atoms with E-state index in [2.05, 4.69) is 4.74 Å². The third kappa shape index (κ3) is 4.39. The molecule has 1 unspecified atom stereocenters. The molecule has 144 valence electrons. The van der Waals surface area contributed by atoms with Crippen molar-refractivity contribution in [2.75, 3.05) is 13.7 Å². The quantitative estimate of drug-likeness (QED) is 0.800. The fourth-order valence-corrected chi connectivity index (χ4v) is 3.17. The number of phenols is 2. The van der Waals surface area contributed by atoms with Gasteiger partial charge in [-0.3, -0.25) is 4.79 Å². The Bertz CT molecular complexity index is 801. The summed E-state index contributed by atoms with van der Waals surface area (Å²) in [7, 11) is 1.33. The maximum atomic E-state index is 12.8. The number of aromatic hydroxyl groups is 2. The Kier molecular flexibility index (Phi) is 6.82. The molecule has 27 heavy (non-hydrogen) atoms. The Morgan fingerprint density at radius 3 is 2.33 bits per heavy atom. The fourth-order valence-electron chi connectivity index (χ4n) is 3.17. The highest BCUT2D eigenvalue weighted by Crippen LogP contribution is 2.35. The van der Waals surface area contributed by atoms with E-state index in [9.17, 15) is 19.8 Å². The molecule has 0 bridgehead atoms. The molecule has 1 aliphatic heterocycles. The van der Waals surface area contributed by atoms with Crippen LogP contribution in [0, 0.1) is 0 Å². The second kappa shape index (κ2) is 9.07. The van der Waals surface area contributed by atoms with Gasteiger partial charge in [0.2, 0.25) is 0 Å². The zero-order valence-corrected chi connectivity index (χ0v) is 15.8. The molecule has 1 atom stereocenters. The number of carbonyl (C=O) groups is 2. The monoisotopic (exact) mass is 371 g/mol. The smallest absolute Gasteiger partial charge is 0.337 e. The molecule has 2 N–H and O–H groups in total. The van der Waals surface area contributed by atoms with E-state index in [0.29, 0.717) is 12.1 Å². The van der Waals surface area contributed by atoms with Gasteiger partial charge < -0.3 is 19.8 Å². The Morgan fingerprint density at radius 1 is 1.07 bits per heavy atom. The van der Waals surface area contributed by atoms with Crippen molar-refractivity contribution in [2.45, 2.75) is 32.7 Å². The van der Waals surface area contributed by atoms with Crippen molar-refractivity contribution in [1.29, 1.82) is 0 Å². The summed E-state index contributed by atoms with van der Waals surface area (Å²) in [6, 6.07) is 10.8. The fraction of sp³-hybridized carbons (Fsp3) is 0.333. The summed E-state index contributed by atoms with van der Waals surface area (Å²) in [6.45, 7) is 4.59. The molecule has 3 rings (SSSR count). The highest BCUT2D eigenvalue weighted by atomic mass is 16.5. The van der Waals surface area contributed by atoms with Gasteiger partial charge in [0.15, 0.2) is 0 Å². The predicted molar refractivity (Wildman–Crippen MR) is 102 cm³/mol. The number of esters is 1. The van der Waals surface area contributed by atoms with Crippen LogP contribution in [0.25, 0.3) is 0 Å². The molecule has 0 saturated carbocycles. The van der Waals surface area contributed by atoms with Crippen LogP contribution in [0.5, 0.6) is 11.5 Å². The van der Waals surface area contributed by atoms with Gasteiger partial charge in [-0.2, -0.15) is 0 Å². The normalized spacial score (nSPS) is 15.7. The number of ether oxygens (including phenoxy) is 1. The summed E-state index contributed by atoms with van der Waals surface area (Å²) in [5.74, 6) is -1.01. The number of methoxy groups -OCH3 is 1. The molecule has 0 spiro atoms. The molecule has 1 fully saturated rings. The van der Waals surface area contributed by atoms with E-state index >= 15 is 0 Å². The molecule has 6 heteroatoms. The average Bonchev–Trinajstić information content (AvgIpc) is 3.18. The summed E-state index contributed by atoms with van der Waals surface area (Å²) in [4.78, 5) is 26.0. The highest BCUT2D eigenvalue weighted by molar-refractivity contribution is 5.97. The number of nitrogens with zero attached hydrogens (tertiary/aromatic N) is 1. The molecular formula is C21H25NO5. The van der Waals surface area contributed by atoms with Gasteiger partial charge in [-0.25, -0.2) is 4.79 Å². The molecule has 0 aliphatic carbocycles. The summed E-state index contributed by atoms with van der Waals surface area (Å²) >= 11 is 0. The van der Waals surface area contributed by atoms with Gasteiger partial charge in [0.25, 0.3) is 5.91 Å². The lowest BCUT2D eigenvalue weighted by Crippen LogP contribution is -2.30. The van der Waals surface area contributed by atoms with Crippen molar-refractivity contribution >= 4 is 11.9 Å². The van der Waals surface area contributed by atoms with Crippen molar-refractivity contribution in [3.63, 3.8) is 0 Å². The number of hydrogen-bond donors (Lipinski definition) is 2. The van der Waals surface area contributed by atoms with Crippen LogP contribution in [-0.2, 0) is 4.74 Å². The molecule has 2 aromatic carbocycles. The van der Waals surface area contributed by atoms with E-state index in [0.717, 1.165) is 24.5 Å². The van der Waals surface area contributed by atoms with Gasteiger partial charge in [-0.1, -0.05) is 26.0 Å². The number of amides is 1. The lowest BCUT2D eigenvalue weighted by molar-refractivity contribution is 0.0599. The number of likely N-dealkylation sites (tertiary alicyclic amines) is 1. The molecule has 0 aromatic heterocycles. The number of hydrogen-bond acceptors (Lipinski definition) is 5. The molecular weight excluding hydrogens is 346 g/mol. The first-order valence-corrected chi connectivity index (χ1v) is 9.02. The lowest BCUT2D eigenvalue weighted by atomic mass is 10.0. The van der Waals surface area contributed by atoms with E-state index in [-0.39, 0.29) is 29.0 Å². The molecule has 1 amide bonds. The minimum atomic E-state index is -0.403. The lowest BCUT2D eigenvalue weighted by Gasteiger charge is -2.25. The van der Waals surface area contributed by atoms with Gasteiger partial charge in [0.1, 0.15) is 11.5 Å². The topological polar surface area (TPSA) is 87.1 Å². The van der Waals surface area contributed by atoms with Crippen LogP contribution in [0.2, 0.25) is 0 Å². The summed E-state index contributed by atoms with van der Waals surface area (Å²) in [6.07, 6.45) is 1.66. The Hall–Kier alpha value is -3.02. The van der Waals surface area contributed by atoms with Crippen molar-refractivity contribution in [3.05, 3.63) is 59.2 Å². The predicted octanol–water partition coefficient (Wildman–Crippen LogP) is 3.89. The molecule has 0 radical (unpaired) electrons. The van der Waals surface area contributed by atoms with Gasteiger partial charge in [-0.15, -0.1) is 0 Å². The van der Waals surface area contributed by atoms with Crippen LogP contribution in [0.4, 0.5) is 0 Å². The van der Waals surface area contributed by atoms with Crippen molar-refractivity contribution in [3.8, 4) is 11.5 Å². The number of rotatable bonds is 3. The first-order chi connectivity index (χ1) is 13.0. The molecule has 2 aromatic rings. The molecule has 1 aliphatic rings. The van der Waals surface area contributed by atoms with Gasteiger partial charge in [-0.05, 0) is 42.7 Å².